The molecule has 11 heteroatoms. The summed E-state index contributed by atoms with van der Waals surface area (Å²) >= 11 is 5.93. The molecular formula is C22H17ClF2N2O5S. The highest BCUT2D eigenvalue weighted by Gasteiger charge is 2.26. The van der Waals surface area contributed by atoms with E-state index in [1.165, 1.54) is 0 Å². The van der Waals surface area contributed by atoms with Gasteiger partial charge in [-0.1, -0.05) is 23.2 Å². The van der Waals surface area contributed by atoms with Crippen molar-refractivity contribution in [2.24, 2.45) is 0 Å². The fourth-order valence-corrected chi connectivity index (χ4v) is 4.83. The number of anilines is 1. The van der Waals surface area contributed by atoms with Gasteiger partial charge in [0.05, 0.1) is 17.3 Å². The molecule has 0 saturated heterocycles. The SMILES string of the molecule is Cc1ccc2c(c1)-c1cc(c(F)cc1F)NS(=O)(=O)c1cc(cc(Cl)c1O)C(=O)NCCO2. The van der Waals surface area contributed by atoms with Gasteiger partial charge in [-0.2, -0.15) is 0 Å². The summed E-state index contributed by atoms with van der Waals surface area (Å²) in [6, 6.07) is 8.47. The van der Waals surface area contributed by atoms with Crippen LogP contribution in [0.5, 0.6) is 11.5 Å². The van der Waals surface area contributed by atoms with Crippen LogP contribution >= 0.6 is 11.6 Å². The predicted molar refractivity (Wildman–Crippen MR) is 118 cm³/mol. The second-order valence-electron chi connectivity index (χ2n) is 7.33. The van der Waals surface area contributed by atoms with Crippen LogP contribution in [0.1, 0.15) is 15.9 Å². The minimum atomic E-state index is -4.63. The number of carbonyl (C=O) groups is 1. The quantitative estimate of drug-likeness (QED) is 0.434. The Balaban J connectivity index is 1.95. The molecule has 3 N–H and O–H groups in total. The van der Waals surface area contributed by atoms with E-state index in [9.17, 15) is 27.1 Å². The molecule has 0 radical (unpaired) electrons. The largest absolute Gasteiger partial charge is 0.505 e. The van der Waals surface area contributed by atoms with Gasteiger partial charge in [-0.15, -0.1) is 0 Å². The molecule has 1 heterocycles. The first-order valence-corrected chi connectivity index (χ1v) is 11.5. The van der Waals surface area contributed by atoms with Gasteiger partial charge in [0.2, 0.25) is 0 Å². The van der Waals surface area contributed by atoms with E-state index in [0.29, 0.717) is 6.07 Å². The first kappa shape index (κ1) is 22.8. The maximum absolute atomic E-state index is 14.8. The van der Waals surface area contributed by atoms with E-state index in [1.807, 2.05) is 4.72 Å². The number of amides is 1. The number of carbonyl (C=O) groups excluding carboxylic acids is 1. The third-order valence-corrected chi connectivity index (χ3v) is 6.62. The van der Waals surface area contributed by atoms with E-state index in [2.05, 4.69) is 5.32 Å². The highest BCUT2D eigenvalue weighted by molar-refractivity contribution is 7.92. The molecule has 0 atom stereocenters. The maximum atomic E-state index is 14.8. The van der Waals surface area contributed by atoms with Crippen molar-refractivity contribution in [1.82, 2.24) is 5.32 Å². The van der Waals surface area contributed by atoms with Gasteiger partial charge in [0, 0.05) is 22.8 Å². The van der Waals surface area contributed by atoms with Crippen molar-refractivity contribution >= 4 is 33.2 Å². The Morgan fingerprint density at radius 3 is 2.58 bits per heavy atom. The van der Waals surface area contributed by atoms with E-state index >= 15 is 0 Å². The Hall–Kier alpha value is -3.37. The predicted octanol–water partition coefficient (Wildman–Crippen LogP) is 4.22. The third-order valence-electron chi connectivity index (χ3n) is 4.95. The van der Waals surface area contributed by atoms with Gasteiger partial charge in [-0.05, 0) is 37.3 Å². The number of phenolic OH excluding ortho intramolecular Hbond substituents is 1. The molecule has 0 aliphatic carbocycles. The molecule has 3 aromatic carbocycles. The number of halogens is 3. The molecule has 4 bridgehead atoms. The molecule has 7 nitrogen and oxygen atoms in total. The summed E-state index contributed by atoms with van der Waals surface area (Å²) in [6.45, 7) is 1.80. The van der Waals surface area contributed by atoms with Crippen LogP contribution in [-0.4, -0.2) is 32.6 Å². The average Bonchev–Trinajstić information content (AvgIpc) is 2.75. The molecule has 1 aliphatic heterocycles. The molecule has 0 unspecified atom stereocenters. The zero-order chi connectivity index (χ0) is 23.9. The van der Waals surface area contributed by atoms with Crippen LogP contribution in [0.25, 0.3) is 11.1 Å². The number of ether oxygens (including phenoxy) is 1. The molecule has 0 saturated carbocycles. The summed E-state index contributed by atoms with van der Waals surface area (Å²) < 4.78 is 63.0. The monoisotopic (exact) mass is 494 g/mol. The van der Waals surface area contributed by atoms with Crippen molar-refractivity contribution < 1.29 is 31.8 Å². The minimum absolute atomic E-state index is 0.00664. The van der Waals surface area contributed by atoms with Gasteiger partial charge in [0.15, 0.2) is 5.75 Å². The molecule has 33 heavy (non-hydrogen) atoms. The second-order valence-corrected chi connectivity index (χ2v) is 9.38. The molecule has 172 valence electrons. The van der Waals surface area contributed by atoms with Crippen LogP contribution in [-0.2, 0) is 10.0 Å². The van der Waals surface area contributed by atoms with Crippen molar-refractivity contribution in [2.45, 2.75) is 11.8 Å². The second kappa shape index (κ2) is 8.53. The number of aromatic hydroxyl groups is 1. The van der Waals surface area contributed by atoms with Crippen molar-refractivity contribution in [1.29, 1.82) is 0 Å². The van der Waals surface area contributed by atoms with E-state index in [-0.39, 0.29) is 35.6 Å². The number of sulfonamides is 1. The maximum Gasteiger partial charge on any atom is 0.265 e. The number of phenols is 1. The summed E-state index contributed by atoms with van der Waals surface area (Å²) in [5.74, 6) is -3.36. The van der Waals surface area contributed by atoms with Gasteiger partial charge in [-0.3, -0.25) is 9.52 Å². The summed E-state index contributed by atoms with van der Waals surface area (Å²) in [5, 5.41) is 12.4. The van der Waals surface area contributed by atoms with Crippen molar-refractivity contribution in [3.05, 3.63) is 70.2 Å². The molecule has 1 aliphatic rings. The van der Waals surface area contributed by atoms with E-state index in [4.69, 9.17) is 16.3 Å². The Labute approximate surface area is 193 Å². The van der Waals surface area contributed by atoms with Crippen LogP contribution in [0.3, 0.4) is 0 Å². The molecule has 0 spiro atoms. The lowest BCUT2D eigenvalue weighted by Crippen LogP contribution is -2.28. The first-order chi connectivity index (χ1) is 15.6. The van der Waals surface area contributed by atoms with Crippen LogP contribution in [0, 0.1) is 18.6 Å². The Morgan fingerprint density at radius 1 is 1.06 bits per heavy atom. The Kier molecular flexibility index (Phi) is 5.89. The lowest BCUT2D eigenvalue weighted by molar-refractivity contribution is 0.0947. The van der Waals surface area contributed by atoms with Gasteiger partial charge in [0.25, 0.3) is 15.9 Å². The summed E-state index contributed by atoms with van der Waals surface area (Å²) in [6.07, 6.45) is 0. The molecular weight excluding hydrogens is 478 g/mol. The smallest absolute Gasteiger partial charge is 0.265 e. The molecule has 1 amide bonds. The normalized spacial score (nSPS) is 15.2. The summed E-state index contributed by atoms with van der Waals surface area (Å²) in [5.41, 5.74) is 0.191. The zero-order valence-corrected chi connectivity index (χ0v) is 18.7. The lowest BCUT2D eigenvalue weighted by atomic mass is 10.0. The molecule has 4 rings (SSSR count). The topological polar surface area (TPSA) is 105 Å². The third kappa shape index (κ3) is 4.44. The number of rotatable bonds is 0. The number of hydrogen-bond acceptors (Lipinski definition) is 5. The first-order valence-electron chi connectivity index (χ1n) is 9.63. The van der Waals surface area contributed by atoms with Crippen LogP contribution < -0.4 is 14.8 Å². The van der Waals surface area contributed by atoms with Gasteiger partial charge >= 0.3 is 0 Å². The van der Waals surface area contributed by atoms with Crippen molar-refractivity contribution in [3.8, 4) is 22.6 Å². The van der Waals surface area contributed by atoms with E-state index < -0.39 is 48.9 Å². The van der Waals surface area contributed by atoms with Crippen molar-refractivity contribution in [3.63, 3.8) is 0 Å². The highest BCUT2D eigenvalue weighted by atomic mass is 35.5. The summed E-state index contributed by atoms with van der Waals surface area (Å²) in [7, 11) is -4.63. The molecule has 3 aromatic rings. The molecule has 0 fully saturated rings. The van der Waals surface area contributed by atoms with Crippen molar-refractivity contribution in [2.75, 3.05) is 17.9 Å². The zero-order valence-electron chi connectivity index (χ0n) is 17.1. The lowest BCUT2D eigenvalue weighted by Gasteiger charge is -2.15. The van der Waals surface area contributed by atoms with Gasteiger partial charge in [0.1, 0.15) is 28.9 Å². The Morgan fingerprint density at radius 2 is 1.82 bits per heavy atom. The number of nitrogens with one attached hydrogen (secondary N) is 2. The number of aryl methyl sites for hydroxylation is 1. The Bertz CT molecular complexity index is 1400. The molecule has 0 aromatic heterocycles. The van der Waals surface area contributed by atoms with Crippen LogP contribution in [0.2, 0.25) is 5.02 Å². The number of benzene rings is 3. The number of hydrogen-bond donors (Lipinski definition) is 3. The fourth-order valence-electron chi connectivity index (χ4n) is 3.35. The fraction of sp³-hybridized carbons (Fsp3) is 0.136. The van der Waals surface area contributed by atoms with Crippen LogP contribution in [0.4, 0.5) is 14.5 Å². The van der Waals surface area contributed by atoms with E-state index in [1.54, 1.807) is 25.1 Å². The standard InChI is InChI=1S/C22H17ClF2N2O5S/c1-11-2-3-19-14(6-11)13-9-18(17(25)10-16(13)24)27-33(30,31)20-8-12(7-15(23)21(20)28)22(29)26-4-5-32-19/h2-3,6-10,27-28H,4-5H2,1H3,(H,26,29). The van der Waals surface area contributed by atoms with E-state index in [0.717, 1.165) is 23.8 Å². The van der Waals surface area contributed by atoms with Gasteiger partial charge < -0.3 is 15.2 Å². The van der Waals surface area contributed by atoms with Crippen LogP contribution in [0.15, 0.2) is 47.4 Å². The van der Waals surface area contributed by atoms with Gasteiger partial charge in [-0.25, -0.2) is 17.2 Å². The highest BCUT2D eigenvalue weighted by Crippen LogP contribution is 2.38. The minimum Gasteiger partial charge on any atom is -0.505 e. The average molecular weight is 495 g/mol. The number of fused-ring (bicyclic) bond motifs is 6. The summed E-state index contributed by atoms with van der Waals surface area (Å²) in [4.78, 5) is 11.8.